The van der Waals surface area contributed by atoms with Gasteiger partial charge >= 0.3 is 0 Å². The van der Waals surface area contributed by atoms with E-state index in [1.807, 2.05) is 42.5 Å². The fraction of sp³-hybridized carbons (Fsp3) is 0.316. The molecule has 0 radical (unpaired) electrons. The molecule has 23 heavy (non-hydrogen) atoms. The van der Waals surface area contributed by atoms with Gasteiger partial charge < -0.3 is 15.4 Å². The number of carbonyl (C=O) groups is 1. The Balaban J connectivity index is 1.43. The van der Waals surface area contributed by atoms with Gasteiger partial charge in [0.2, 0.25) is 5.91 Å². The fourth-order valence-corrected chi connectivity index (χ4v) is 2.82. The Kier molecular flexibility index (Phi) is 5.27. The van der Waals surface area contributed by atoms with E-state index in [1.165, 1.54) is 5.56 Å². The number of para-hydroxylation sites is 1. The molecule has 1 aliphatic heterocycles. The molecule has 0 spiro atoms. The van der Waals surface area contributed by atoms with Gasteiger partial charge in [0, 0.05) is 12.0 Å². The molecule has 0 saturated carbocycles. The highest BCUT2D eigenvalue weighted by molar-refractivity contribution is 5.78. The van der Waals surface area contributed by atoms with Crippen LogP contribution in [-0.4, -0.2) is 25.6 Å². The van der Waals surface area contributed by atoms with E-state index < -0.39 is 0 Å². The Hall–Kier alpha value is -2.33. The minimum absolute atomic E-state index is 0.0276. The van der Waals surface area contributed by atoms with E-state index in [-0.39, 0.29) is 11.9 Å². The summed E-state index contributed by atoms with van der Waals surface area (Å²) < 4.78 is 5.62. The number of amides is 1. The van der Waals surface area contributed by atoms with Crippen molar-refractivity contribution in [2.75, 3.05) is 19.7 Å². The second-order valence-electron chi connectivity index (χ2n) is 5.71. The lowest BCUT2D eigenvalue weighted by Crippen LogP contribution is -2.38. The van der Waals surface area contributed by atoms with E-state index in [0.717, 1.165) is 30.7 Å². The molecule has 0 aromatic heterocycles. The summed E-state index contributed by atoms with van der Waals surface area (Å²) in [5, 5.41) is 6.30. The first-order valence-corrected chi connectivity index (χ1v) is 8.08. The van der Waals surface area contributed by atoms with Gasteiger partial charge in [0.05, 0.1) is 19.2 Å². The number of benzene rings is 2. The first kappa shape index (κ1) is 15.6. The van der Waals surface area contributed by atoms with E-state index >= 15 is 0 Å². The molecule has 2 aromatic rings. The van der Waals surface area contributed by atoms with E-state index in [0.29, 0.717) is 13.2 Å². The molecule has 4 heteroatoms. The maximum absolute atomic E-state index is 12.1. The quantitative estimate of drug-likeness (QED) is 0.806. The summed E-state index contributed by atoms with van der Waals surface area (Å²) in [6.45, 7) is 1.78. The molecule has 4 nitrogen and oxygen atoms in total. The van der Waals surface area contributed by atoms with Crippen LogP contribution in [0, 0.1) is 0 Å². The average molecular weight is 310 g/mol. The summed E-state index contributed by atoms with van der Waals surface area (Å²) in [6.07, 6.45) is 1.74. The lowest BCUT2D eigenvalue weighted by Gasteiger charge is -2.26. The van der Waals surface area contributed by atoms with Gasteiger partial charge in [-0.1, -0.05) is 48.5 Å². The molecule has 0 bridgehead atoms. The van der Waals surface area contributed by atoms with Gasteiger partial charge in [-0.3, -0.25) is 4.79 Å². The number of hydrogen-bond acceptors (Lipinski definition) is 3. The van der Waals surface area contributed by atoms with Crippen molar-refractivity contribution in [3.63, 3.8) is 0 Å². The van der Waals surface area contributed by atoms with Crippen LogP contribution < -0.4 is 15.4 Å². The topological polar surface area (TPSA) is 50.4 Å². The normalized spacial score (nSPS) is 16.3. The minimum Gasteiger partial charge on any atom is -0.493 e. The Morgan fingerprint density at radius 2 is 1.87 bits per heavy atom. The van der Waals surface area contributed by atoms with Gasteiger partial charge in [-0.25, -0.2) is 0 Å². The summed E-state index contributed by atoms with van der Waals surface area (Å²) in [4.78, 5) is 12.1. The molecule has 2 N–H and O–H groups in total. The van der Waals surface area contributed by atoms with Crippen LogP contribution in [0.2, 0.25) is 0 Å². The highest BCUT2D eigenvalue weighted by atomic mass is 16.5. The Morgan fingerprint density at radius 1 is 1.09 bits per heavy atom. The van der Waals surface area contributed by atoms with Crippen LogP contribution >= 0.6 is 0 Å². The van der Waals surface area contributed by atoms with Crippen LogP contribution in [0.4, 0.5) is 0 Å². The smallest absolute Gasteiger partial charge is 0.234 e. The van der Waals surface area contributed by atoms with Crippen molar-refractivity contribution in [1.29, 1.82) is 0 Å². The molecule has 0 aliphatic carbocycles. The fourth-order valence-electron chi connectivity index (χ4n) is 2.82. The first-order chi connectivity index (χ1) is 11.3. The van der Waals surface area contributed by atoms with Gasteiger partial charge in [0.15, 0.2) is 0 Å². The number of rotatable bonds is 6. The summed E-state index contributed by atoms with van der Waals surface area (Å²) in [5.74, 6) is 0.904. The molecule has 2 aromatic carbocycles. The molecular formula is C19H22N2O2. The molecule has 1 heterocycles. The number of fused-ring (bicyclic) bond motifs is 1. The standard InChI is InChI=1S/C19H22N2O2/c22-19(14-20-12-10-15-6-2-1-3-7-15)21-17-11-13-23-18-9-5-4-8-16(17)18/h1-9,17,20H,10-14H2,(H,21,22)/t17-/m0/s1. The highest BCUT2D eigenvalue weighted by Gasteiger charge is 2.22. The van der Waals surface area contributed by atoms with Crippen LogP contribution in [-0.2, 0) is 11.2 Å². The maximum atomic E-state index is 12.1. The van der Waals surface area contributed by atoms with Gasteiger partial charge in [-0.2, -0.15) is 0 Å². The lowest BCUT2D eigenvalue weighted by molar-refractivity contribution is -0.121. The summed E-state index contributed by atoms with van der Waals surface area (Å²) >= 11 is 0. The van der Waals surface area contributed by atoms with Crippen LogP contribution in [0.5, 0.6) is 5.75 Å². The zero-order valence-corrected chi connectivity index (χ0v) is 13.1. The van der Waals surface area contributed by atoms with Gasteiger partial charge in [0.1, 0.15) is 5.75 Å². The number of hydrogen-bond donors (Lipinski definition) is 2. The highest BCUT2D eigenvalue weighted by Crippen LogP contribution is 2.31. The van der Waals surface area contributed by atoms with Gasteiger partial charge in [0.25, 0.3) is 0 Å². The van der Waals surface area contributed by atoms with Crippen LogP contribution in [0.15, 0.2) is 54.6 Å². The average Bonchev–Trinajstić information content (AvgIpc) is 2.60. The summed E-state index contributed by atoms with van der Waals surface area (Å²) in [5.41, 5.74) is 2.34. The van der Waals surface area contributed by atoms with Crippen molar-refractivity contribution in [2.24, 2.45) is 0 Å². The molecule has 1 amide bonds. The first-order valence-electron chi connectivity index (χ1n) is 8.08. The second-order valence-corrected chi connectivity index (χ2v) is 5.71. The van der Waals surface area contributed by atoms with Gasteiger partial charge in [-0.05, 0) is 24.6 Å². The predicted molar refractivity (Wildman–Crippen MR) is 90.5 cm³/mol. The molecular weight excluding hydrogens is 288 g/mol. The van der Waals surface area contributed by atoms with E-state index in [1.54, 1.807) is 0 Å². The largest absolute Gasteiger partial charge is 0.493 e. The van der Waals surface area contributed by atoms with Crippen LogP contribution in [0.1, 0.15) is 23.6 Å². The van der Waals surface area contributed by atoms with Crippen LogP contribution in [0.3, 0.4) is 0 Å². The Bertz CT molecular complexity index is 643. The molecule has 0 saturated heterocycles. The van der Waals surface area contributed by atoms with Crippen molar-refractivity contribution in [1.82, 2.24) is 10.6 Å². The third-order valence-electron chi connectivity index (χ3n) is 4.01. The number of carbonyl (C=O) groups excluding carboxylic acids is 1. The third-order valence-corrected chi connectivity index (χ3v) is 4.01. The molecule has 120 valence electrons. The monoisotopic (exact) mass is 310 g/mol. The molecule has 3 rings (SSSR count). The van der Waals surface area contributed by atoms with Crippen molar-refractivity contribution in [3.8, 4) is 5.75 Å². The van der Waals surface area contributed by atoms with Crippen molar-refractivity contribution in [2.45, 2.75) is 18.9 Å². The third kappa shape index (κ3) is 4.33. The van der Waals surface area contributed by atoms with Crippen molar-refractivity contribution in [3.05, 3.63) is 65.7 Å². The van der Waals surface area contributed by atoms with Gasteiger partial charge in [-0.15, -0.1) is 0 Å². The lowest BCUT2D eigenvalue weighted by atomic mass is 10.0. The Labute approximate surface area is 136 Å². The maximum Gasteiger partial charge on any atom is 0.234 e. The molecule has 1 atom stereocenters. The summed E-state index contributed by atoms with van der Waals surface area (Å²) in [7, 11) is 0. The van der Waals surface area contributed by atoms with E-state index in [4.69, 9.17) is 4.74 Å². The SMILES string of the molecule is O=C(CNCCc1ccccc1)N[C@H]1CCOc2ccccc21. The number of ether oxygens (including phenoxy) is 1. The minimum atomic E-state index is 0.0276. The Morgan fingerprint density at radius 3 is 2.74 bits per heavy atom. The number of nitrogens with one attached hydrogen (secondary N) is 2. The zero-order chi connectivity index (χ0) is 15.9. The second kappa shape index (κ2) is 7.79. The van der Waals surface area contributed by atoms with Crippen LogP contribution in [0.25, 0.3) is 0 Å². The molecule has 1 aliphatic rings. The molecule has 0 fully saturated rings. The predicted octanol–water partition coefficient (Wildman–Crippen LogP) is 2.46. The zero-order valence-electron chi connectivity index (χ0n) is 13.1. The molecule has 0 unspecified atom stereocenters. The summed E-state index contributed by atoms with van der Waals surface area (Å²) in [6, 6.07) is 18.2. The van der Waals surface area contributed by atoms with Crippen molar-refractivity contribution >= 4 is 5.91 Å². The van der Waals surface area contributed by atoms with E-state index in [9.17, 15) is 4.79 Å². The van der Waals surface area contributed by atoms with E-state index in [2.05, 4.69) is 22.8 Å². The van der Waals surface area contributed by atoms with Crippen molar-refractivity contribution < 1.29 is 9.53 Å².